The van der Waals surface area contributed by atoms with Gasteiger partial charge in [0.15, 0.2) is 11.0 Å². The van der Waals surface area contributed by atoms with Gasteiger partial charge >= 0.3 is 0 Å². The molecule has 0 bridgehead atoms. The molecule has 92 valence electrons. The summed E-state index contributed by atoms with van der Waals surface area (Å²) >= 11 is 7.06. The van der Waals surface area contributed by atoms with Gasteiger partial charge in [0.05, 0.1) is 11.7 Å². The lowest BCUT2D eigenvalue weighted by molar-refractivity contribution is 0.356. The second-order valence-corrected chi connectivity index (χ2v) is 5.52. The molecule has 1 unspecified atom stereocenters. The van der Waals surface area contributed by atoms with Crippen molar-refractivity contribution in [1.29, 1.82) is 0 Å². The standard InChI is InChI=1S/C10H19ClN4S/c1-7(2)5-8(6-15(3)4)12-10-9(11)13-16-14-10/h7-8H,5-6H2,1-4H3,(H,12,14). The van der Waals surface area contributed by atoms with Crippen LogP contribution in [0.4, 0.5) is 5.82 Å². The largest absolute Gasteiger partial charge is 0.363 e. The molecule has 4 nitrogen and oxygen atoms in total. The van der Waals surface area contributed by atoms with Gasteiger partial charge in [0.1, 0.15) is 0 Å². The lowest BCUT2D eigenvalue weighted by Gasteiger charge is -2.23. The number of nitrogens with zero attached hydrogens (tertiary/aromatic N) is 3. The predicted octanol–water partition coefficient (Wildman–Crippen LogP) is 2.58. The van der Waals surface area contributed by atoms with Crippen LogP contribution in [0, 0.1) is 5.92 Å². The first-order valence-electron chi connectivity index (χ1n) is 5.38. The van der Waals surface area contributed by atoms with Crippen molar-refractivity contribution in [1.82, 2.24) is 13.6 Å². The molecule has 0 amide bonds. The lowest BCUT2D eigenvalue weighted by atomic mass is 10.0. The Bertz CT molecular complexity index is 304. The molecule has 16 heavy (non-hydrogen) atoms. The van der Waals surface area contributed by atoms with Gasteiger partial charge in [0.25, 0.3) is 0 Å². The van der Waals surface area contributed by atoms with Crippen LogP contribution >= 0.6 is 23.3 Å². The Labute approximate surface area is 106 Å². The van der Waals surface area contributed by atoms with Crippen molar-refractivity contribution >= 4 is 29.1 Å². The van der Waals surface area contributed by atoms with E-state index in [9.17, 15) is 0 Å². The van der Waals surface area contributed by atoms with Gasteiger partial charge in [-0.2, -0.15) is 8.75 Å². The van der Waals surface area contributed by atoms with Crippen LogP contribution in [0.1, 0.15) is 20.3 Å². The molecule has 0 radical (unpaired) electrons. The summed E-state index contributed by atoms with van der Waals surface area (Å²) in [6, 6.07) is 0.358. The summed E-state index contributed by atoms with van der Waals surface area (Å²) in [5.74, 6) is 1.35. The number of rotatable bonds is 6. The molecule has 0 aliphatic heterocycles. The van der Waals surface area contributed by atoms with E-state index in [1.165, 1.54) is 0 Å². The van der Waals surface area contributed by atoms with Gasteiger partial charge in [-0.3, -0.25) is 0 Å². The zero-order chi connectivity index (χ0) is 12.1. The summed E-state index contributed by atoms with van der Waals surface area (Å²) in [7, 11) is 4.13. The molecule has 0 saturated carbocycles. The van der Waals surface area contributed by atoms with Crippen molar-refractivity contribution in [3.05, 3.63) is 5.15 Å². The van der Waals surface area contributed by atoms with Crippen molar-refractivity contribution in [2.75, 3.05) is 26.0 Å². The normalized spacial score (nSPS) is 13.4. The van der Waals surface area contributed by atoms with E-state index in [0.29, 0.717) is 22.9 Å². The highest BCUT2D eigenvalue weighted by atomic mass is 35.5. The molecule has 1 atom stereocenters. The van der Waals surface area contributed by atoms with E-state index >= 15 is 0 Å². The quantitative estimate of drug-likeness (QED) is 0.856. The monoisotopic (exact) mass is 262 g/mol. The minimum Gasteiger partial charge on any atom is -0.363 e. The maximum atomic E-state index is 5.92. The van der Waals surface area contributed by atoms with Gasteiger partial charge < -0.3 is 10.2 Å². The van der Waals surface area contributed by atoms with Crippen molar-refractivity contribution in [2.45, 2.75) is 26.3 Å². The molecule has 0 aliphatic carbocycles. The van der Waals surface area contributed by atoms with E-state index in [1.807, 2.05) is 0 Å². The van der Waals surface area contributed by atoms with E-state index in [0.717, 1.165) is 24.7 Å². The smallest absolute Gasteiger partial charge is 0.186 e. The van der Waals surface area contributed by atoms with Crippen LogP contribution in [0.5, 0.6) is 0 Å². The van der Waals surface area contributed by atoms with Crippen molar-refractivity contribution in [3.63, 3.8) is 0 Å². The number of aromatic nitrogens is 2. The summed E-state index contributed by atoms with van der Waals surface area (Å²) in [6.07, 6.45) is 1.09. The highest BCUT2D eigenvalue weighted by Crippen LogP contribution is 2.20. The van der Waals surface area contributed by atoms with Crippen LogP contribution < -0.4 is 5.32 Å². The Morgan fingerprint density at radius 3 is 2.50 bits per heavy atom. The number of likely N-dealkylation sites (N-methyl/N-ethyl adjacent to an activating group) is 1. The fraction of sp³-hybridized carbons (Fsp3) is 0.800. The molecule has 0 spiro atoms. The van der Waals surface area contributed by atoms with Crippen molar-refractivity contribution in [2.24, 2.45) is 5.92 Å². The van der Waals surface area contributed by atoms with E-state index in [2.05, 4.69) is 46.9 Å². The Morgan fingerprint density at radius 1 is 1.38 bits per heavy atom. The Balaban J connectivity index is 2.59. The Morgan fingerprint density at radius 2 is 2.06 bits per heavy atom. The molecule has 1 heterocycles. The minimum atomic E-state index is 0.358. The second kappa shape index (κ2) is 6.37. The second-order valence-electron chi connectivity index (χ2n) is 4.64. The first-order valence-corrected chi connectivity index (χ1v) is 6.49. The highest BCUT2D eigenvalue weighted by Gasteiger charge is 2.15. The summed E-state index contributed by atoms with van der Waals surface area (Å²) < 4.78 is 8.09. The average Bonchev–Trinajstić information content (AvgIpc) is 2.49. The third-order valence-electron chi connectivity index (χ3n) is 2.13. The molecule has 1 aromatic rings. The molecule has 0 aliphatic rings. The summed E-state index contributed by atoms with van der Waals surface area (Å²) in [5.41, 5.74) is 0. The molecule has 1 rings (SSSR count). The Hall–Kier alpha value is -0.390. The molecular formula is C10H19ClN4S. The summed E-state index contributed by atoms with van der Waals surface area (Å²) in [4.78, 5) is 2.16. The topological polar surface area (TPSA) is 41.0 Å². The van der Waals surface area contributed by atoms with Gasteiger partial charge in [-0.15, -0.1) is 0 Å². The zero-order valence-corrected chi connectivity index (χ0v) is 11.8. The predicted molar refractivity (Wildman–Crippen MR) is 70.3 cm³/mol. The molecule has 1 aromatic heterocycles. The number of halogens is 1. The van der Waals surface area contributed by atoms with Crippen LogP contribution in [0.15, 0.2) is 0 Å². The maximum absolute atomic E-state index is 5.92. The fourth-order valence-electron chi connectivity index (χ4n) is 1.65. The van der Waals surface area contributed by atoms with Crippen LogP contribution in [0.25, 0.3) is 0 Å². The summed E-state index contributed by atoms with van der Waals surface area (Å²) in [5, 5.41) is 3.82. The van der Waals surface area contributed by atoms with Crippen LogP contribution in [0.3, 0.4) is 0 Å². The molecule has 6 heteroatoms. The van der Waals surface area contributed by atoms with Crippen LogP contribution in [0.2, 0.25) is 5.15 Å². The molecule has 1 N–H and O–H groups in total. The van der Waals surface area contributed by atoms with Gasteiger partial charge in [0, 0.05) is 12.6 Å². The first kappa shape index (κ1) is 13.7. The SMILES string of the molecule is CC(C)CC(CN(C)C)Nc1nsnc1Cl. The molecule has 0 aromatic carbocycles. The lowest BCUT2D eigenvalue weighted by Crippen LogP contribution is -2.33. The number of hydrogen-bond donors (Lipinski definition) is 1. The van der Waals surface area contributed by atoms with Gasteiger partial charge in [-0.25, -0.2) is 0 Å². The highest BCUT2D eigenvalue weighted by molar-refractivity contribution is 6.99. The van der Waals surface area contributed by atoms with E-state index < -0.39 is 0 Å². The van der Waals surface area contributed by atoms with E-state index in [4.69, 9.17) is 11.6 Å². The van der Waals surface area contributed by atoms with Gasteiger partial charge in [0.2, 0.25) is 0 Å². The van der Waals surface area contributed by atoms with Gasteiger partial charge in [-0.05, 0) is 26.4 Å². The van der Waals surface area contributed by atoms with E-state index in [-0.39, 0.29) is 0 Å². The zero-order valence-electron chi connectivity index (χ0n) is 10.2. The third-order valence-corrected chi connectivity index (χ3v) is 3.02. The number of hydrogen-bond acceptors (Lipinski definition) is 5. The fourth-order valence-corrected chi connectivity index (χ4v) is 2.31. The van der Waals surface area contributed by atoms with Crippen molar-refractivity contribution in [3.8, 4) is 0 Å². The molecule has 0 saturated heterocycles. The molecule has 0 fully saturated rings. The van der Waals surface area contributed by atoms with E-state index in [1.54, 1.807) is 0 Å². The van der Waals surface area contributed by atoms with Crippen molar-refractivity contribution < 1.29 is 0 Å². The average molecular weight is 263 g/mol. The summed E-state index contributed by atoms with van der Waals surface area (Å²) in [6.45, 7) is 5.39. The molecular weight excluding hydrogens is 244 g/mol. The number of nitrogens with one attached hydrogen (secondary N) is 1. The first-order chi connectivity index (χ1) is 7.49. The van der Waals surface area contributed by atoms with Gasteiger partial charge in [-0.1, -0.05) is 25.4 Å². The van der Waals surface area contributed by atoms with Crippen LogP contribution in [-0.4, -0.2) is 40.3 Å². The van der Waals surface area contributed by atoms with Crippen LogP contribution in [-0.2, 0) is 0 Å². The maximum Gasteiger partial charge on any atom is 0.186 e. The Kier molecular flexibility index (Phi) is 5.44. The minimum absolute atomic E-state index is 0.358. The third kappa shape index (κ3) is 4.63. The number of anilines is 1.